The van der Waals surface area contributed by atoms with Crippen LogP contribution in [0, 0.1) is 17.8 Å². The minimum atomic E-state index is -0.125. The second-order valence-electron chi connectivity index (χ2n) is 7.84. The highest BCUT2D eigenvalue weighted by atomic mass is 16.5. The predicted molar refractivity (Wildman–Crippen MR) is 92.6 cm³/mol. The summed E-state index contributed by atoms with van der Waals surface area (Å²) in [7, 11) is 3.21. The maximum atomic E-state index is 12.6. The van der Waals surface area contributed by atoms with Crippen LogP contribution >= 0.6 is 0 Å². The molecule has 4 fully saturated rings. The third kappa shape index (κ3) is 2.80. The van der Waals surface area contributed by atoms with Gasteiger partial charge >= 0.3 is 6.03 Å². The summed E-state index contributed by atoms with van der Waals surface area (Å²) in [6.07, 6.45) is 7.54. The smallest absolute Gasteiger partial charge is 0.319 e. The lowest BCUT2D eigenvalue weighted by molar-refractivity contribution is -0.0127. The minimum absolute atomic E-state index is 0.0124. The zero-order valence-electron chi connectivity index (χ0n) is 14.4. The number of hydrogen-bond acceptors (Lipinski definition) is 3. The first-order valence-electron chi connectivity index (χ1n) is 8.90. The molecular weight excluding hydrogens is 304 g/mol. The Morgan fingerprint density at radius 2 is 1.67 bits per heavy atom. The van der Waals surface area contributed by atoms with E-state index in [1.807, 2.05) is 12.1 Å². The predicted octanol–water partition coefficient (Wildman–Crippen LogP) is 3.79. The van der Waals surface area contributed by atoms with Crippen LogP contribution in [0.1, 0.15) is 38.5 Å². The van der Waals surface area contributed by atoms with Crippen molar-refractivity contribution in [3.8, 4) is 11.5 Å². The number of ether oxygens (including phenoxy) is 2. The van der Waals surface area contributed by atoms with Gasteiger partial charge in [-0.05, 0) is 68.4 Å². The van der Waals surface area contributed by atoms with Crippen molar-refractivity contribution in [2.24, 2.45) is 17.8 Å². The molecule has 5 rings (SSSR count). The van der Waals surface area contributed by atoms with Gasteiger partial charge in [-0.2, -0.15) is 0 Å². The third-order valence-corrected chi connectivity index (χ3v) is 6.07. The Bertz CT molecular complexity index is 608. The molecule has 0 unspecified atom stereocenters. The van der Waals surface area contributed by atoms with Gasteiger partial charge in [0.25, 0.3) is 0 Å². The fourth-order valence-electron chi connectivity index (χ4n) is 5.56. The van der Waals surface area contributed by atoms with Crippen molar-refractivity contribution in [2.75, 3.05) is 19.5 Å². The van der Waals surface area contributed by atoms with Gasteiger partial charge in [0.15, 0.2) is 0 Å². The largest absolute Gasteiger partial charge is 0.497 e. The van der Waals surface area contributed by atoms with Crippen LogP contribution < -0.4 is 20.1 Å². The van der Waals surface area contributed by atoms with Crippen molar-refractivity contribution in [3.63, 3.8) is 0 Å². The Kier molecular flexibility index (Phi) is 3.82. The summed E-state index contributed by atoms with van der Waals surface area (Å²) in [4.78, 5) is 12.6. The monoisotopic (exact) mass is 330 g/mol. The normalized spacial score (nSPS) is 33.2. The second kappa shape index (κ2) is 5.87. The van der Waals surface area contributed by atoms with Crippen molar-refractivity contribution >= 4 is 11.7 Å². The summed E-state index contributed by atoms with van der Waals surface area (Å²) >= 11 is 0. The van der Waals surface area contributed by atoms with E-state index in [1.165, 1.54) is 19.3 Å². The van der Waals surface area contributed by atoms with Gasteiger partial charge in [-0.1, -0.05) is 0 Å². The summed E-state index contributed by atoms with van der Waals surface area (Å²) in [5, 5.41) is 6.27. The second-order valence-corrected chi connectivity index (χ2v) is 7.84. The number of carbonyl (C=O) groups excluding carboxylic acids is 1. The maximum absolute atomic E-state index is 12.6. The molecular formula is C19H26N2O3. The molecule has 0 atom stereocenters. The average Bonchev–Trinajstić information content (AvgIpc) is 2.53. The SMILES string of the molecule is COc1ccc(NC(=O)NC23CC4CC(CC(C4)C2)C3)c(OC)c1. The Balaban J connectivity index is 1.46. The highest BCUT2D eigenvalue weighted by Gasteiger charge is 2.51. The van der Waals surface area contributed by atoms with E-state index in [0.29, 0.717) is 17.2 Å². The number of anilines is 1. The summed E-state index contributed by atoms with van der Waals surface area (Å²) in [6.45, 7) is 0. The van der Waals surface area contributed by atoms with Gasteiger partial charge in [0, 0.05) is 11.6 Å². The Labute approximate surface area is 143 Å². The Morgan fingerprint density at radius 3 is 2.21 bits per heavy atom. The van der Waals surface area contributed by atoms with Crippen molar-refractivity contribution in [3.05, 3.63) is 18.2 Å². The number of carbonyl (C=O) groups is 1. The summed E-state index contributed by atoms with van der Waals surface area (Å²) in [5.41, 5.74) is 0.680. The molecule has 0 aliphatic heterocycles. The van der Waals surface area contributed by atoms with E-state index in [0.717, 1.165) is 37.0 Å². The lowest BCUT2D eigenvalue weighted by atomic mass is 9.53. The first-order chi connectivity index (χ1) is 11.6. The molecule has 0 radical (unpaired) electrons. The Hall–Kier alpha value is -1.91. The van der Waals surface area contributed by atoms with Crippen LogP contribution in [0.5, 0.6) is 11.5 Å². The lowest BCUT2D eigenvalue weighted by Gasteiger charge is -2.56. The molecule has 5 heteroatoms. The number of rotatable bonds is 4. The average molecular weight is 330 g/mol. The van der Waals surface area contributed by atoms with Crippen LogP contribution in [-0.4, -0.2) is 25.8 Å². The number of amides is 2. The molecule has 4 saturated carbocycles. The van der Waals surface area contributed by atoms with E-state index in [4.69, 9.17) is 9.47 Å². The number of urea groups is 1. The topological polar surface area (TPSA) is 59.6 Å². The van der Waals surface area contributed by atoms with E-state index in [1.54, 1.807) is 20.3 Å². The highest BCUT2D eigenvalue weighted by Crippen LogP contribution is 2.55. The van der Waals surface area contributed by atoms with E-state index < -0.39 is 0 Å². The van der Waals surface area contributed by atoms with Crippen molar-refractivity contribution in [2.45, 2.75) is 44.1 Å². The lowest BCUT2D eigenvalue weighted by Crippen LogP contribution is -2.60. The number of benzene rings is 1. The third-order valence-electron chi connectivity index (χ3n) is 6.07. The highest BCUT2D eigenvalue weighted by molar-refractivity contribution is 5.91. The van der Waals surface area contributed by atoms with Crippen molar-refractivity contribution in [1.82, 2.24) is 5.32 Å². The van der Waals surface area contributed by atoms with Crippen LogP contribution in [0.25, 0.3) is 0 Å². The number of hydrogen-bond donors (Lipinski definition) is 2. The standard InChI is InChI=1S/C19H26N2O3/c1-23-15-3-4-16(17(8-15)24-2)20-18(22)21-19-9-12-5-13(10-19)7-14(6-12)11-19/h3-4,8,12-14H,5-7,9-11H2,1-2H3,(H2,20,21,22). The number of nitrogens with one attached hydrogen (secondary N) is 2. The van der Waals surface area contributed by atoms with Crippen molar-refractivity contribution < 1.29 is 14.3 Å². The van der Waals surface area contributed by atoms with Crippen LogP contribution in [0.2, 0.25) is 0 Å². The molecule has 0 spiro atoms. The molecule has 4 aliphatic carbocycles. The van der Waals surface area contributed by atoms with E-state index in [2.05, 4.69) is 10.6 Å². The quantitative estimate of drug-likeness (QED) is 0.883. The molecule has 1 aromatic carbocycles. The molecule has 24 heavy (non-hydrogen) atoms. The Morgan fingerprint density at radius 1 is 1.04 bits per heavy atom. The molecule has 2 N–H and O–H groups in total. The zero-order chi connectivity index (χ0) is 16.7. The molecule has 130 valence electrons. The van der Waals surface area contributed by atoms with Crippen LogP contribution in [0.4, 0.5) is 10.5 Å². The van der Waals surface area contributed by atoms with Crippen LogP contribution in [-0.2, 0) is 0 Å². The maximum Gasteiger partial charge on any atom is 0.319 e. The van der Waals surface area contributed by atoms with E-state index in [9.17, 15) is 4.79 Å². The number of methoxy groups -OCH3 is 2. The van der Waals surface area contributed by atoms with Crippen LogP contribution in [0.3, 0.4) is 0 Å². The molecule has 5 nitrogen and oxygen atoms in total. The van der Waals surface area contributed by atoms with Gasteiger partial charge in [0.2, 0.25) is 0 Å². The molecule has 0 heterocycles. The molecule has 4 aliphatic rings. The molecule has 4 bridgehead atoms. The van der Waals surface area contributed by atoms with Gasteiger partial charge in [0.1, 0.15) is 11.5 Å². The summed E-state index contributed by atoms with van der Waals surface area (Å²) < 4.78 is 10.6. The molecule has 0 saturated heterocycles. The fraction of sp³-hybridized carbons (Fsp3) is 0.632. The summed E-state index contributed by atoms with van der Waals surface area (Å²) in [6, 6.07) is 5.29. The van der Waals surface area contributed by atoms with Gasteiger partial charge in [-0.25, -0.2) is 4.79 Å². The van der Waals surface area contributed by atoms with Gasteiger partial charge in [-0.15, -0.1) is 0 Å². The van der Waals surface area contributed by atoms with Crippen LogP contribution in [0.15, 0.2) is 18.2 Å². The molecule has 0 aromatic heterocycles. The fourth-order valence-corrected chi connectivity index (χ4v) is 5.56. The van der Waals surface area contributed by atoms with E-state index >= 15 is 0 Å². The molecule has 1 aromatic rings. The van der Waals surface area contributed by atoms with E-state index in [-0.39, 0.29) is 11.6 Å². The summed E-state index contributed by atoms with van der Waals surface area (Å²) in [5.74, 6) is 3.75. The van der Waals surface area contributed by atoms with Gasteiger partial charge < -0.3 is 20.1 Å². The first-order valence-corrected chi connectivity index (χ1v) is 8.90. The van der Waals surface area contributed by atoms with Crippen molar-refractivity contribution in [1.29, 1.82) is 0 Å². The van der Waals surface area contributed by atoms with Gasteiger partial charge in [-0.3, -0.25) is 0 Å². The minimum Gasteiger partial charge on any atom is -0.497 e. The van der Waals surface area contributed by atoms with Gasteiger partial charge in [0.05, 0.1) is 19.9 Å². The zero-order valence-corrected chi connectivity index (χ0v) is 14.4. The first kappa shape index (κ1) is 15.6. The molecule has 2 amide bonds.